The molecule has 0 unspecified atom stereocenters. The Hall–Kier alpha value is -2.63. The van der Waals surface area contributed by atoms with Crippen molar-refractivity contribution in [3.63, 3.8) is 0 Å². The lowest BCUT2D eigenvalue weighted by atomic mass is 10.1. The van der Waals surface area contributed by atoms with E-state index in [4.69, 9.17) is 4.74 Å². The van der Waals surface area contributed by atoms with Gasteiger partial charge >= 0.3 is 5.97 Å². The minimum atomic E-state index is -0.519. The number of nitrogens with zero attached hydrogens (tertiary/aromatic N) is 2. The van der Waals surface area contributed by atoms with Crippen molar-refractivity contribution in [2.45, 2.75) is 53.6 Å². The van der Waals surface area contributed by atoms with Gasteiger partial charge in [-0.25, -0.2) is 4.79 Å². The highest BCUT2D eigenvalue weighted by Gasteiger charge is 2.21. The van der Waals surface area contributed by atoms with Gasteiger partial charge in [-0.2, -0.15) is 5.10 Å². The number of nitrogens with one attached hydrogen (secondary N) is 1. The van der Waals surface area contributed by atoms with Crippen LogP contribution in [-0.2, 0) is 16.1 Å². The molecule has 0 spiro atoms. The molecule has 2 rings (SSSR count). The number of hydrogen-bond acceptors (Lipinski definition) is 4. The smallest absolute Gasteiger partial charge is 0.342 e. The van der Waals surface area contributed by atoms with Gasteiger partial charge in [0.15, 0.2) is 6.61 Å². The zero-order chi connectivity index (χ0) is 19.3. The topological polar surface area (TPSA) is 73.2 Å². The molecule has 0 aliphatic carbocycles. The fourth-order valence-corrected chi connectivity index (χ4v) is 2.63. The van der Waals surface area contributed by atoms with E-state index in [9.17, 15) is 9.59 Å². The van der Waals surface area contributed by atoms with Gasteiger partial charge in [0.2, 0.25) is 0 Å². The van der Waals surface area contributed by atoms with Crippen LogP contribution in [0.5, 0.6) is 0 Å². The first-order valence-corrected chi connectivity index (χ1v) is 8.87. The van der Waals surface area contributed by atoms with E-state index >= 15 is 0 Å². The Morgan fingerprint density at radius 1 is 1.19 bits per heavy atom. The van der Waals surface area contributed by atoms with Crippen LogP contribution in [0.2, 0.25) is 0 Å². The van der Waals surface area contributed by atoms with Crippen LogP contribution in [0.4, 0.5) is 0 Å². The Labute approximate surface area is 154 Å². The molecule has 1 amide bonds. The molecule has 0 bridgehead atoms. The predicted octanol–water partition coefficient (Wildman–Crippen LogP) is 2.93. The number of ether oxygens (including phenoxy) is 1. The molecule has 26 heavy (non-hydrogen) atoms. The van der Waals surface area contributed by atoms with Crippen LogP contribution in [-0.4, -0.2) is 34.3 Å². The normalized spacial score (nSPS) is 11.9. The number of aryl methyl sites for hydroxylation is 2. The summed E-state index contributed by atoms with van der Waals surface area (Å²) in [5.74, 6) is -0.815. The molecule has 0 saturated carbocycles. The Kier molecular flexibility index (Phi) is 6.55. The van der Waals surface area contributed by atoms with Gasteiger partial charge in [0, 0.05) is 6.04 Å². The Morgan fingerprint density at radius 2 is 1.85 bits per heavy atom. The molecule has 1 aromatic heterocycles. The van der Waals surface area contributed by atoms with Crippen molar-refractivity contribution in [3.8, 4) is 0 Å². The molecule has 1 aromatic carbocycles. The van der Waals surface area contributed by atoms with Crippen LogP contribution < -0.4 is 5.32 Å². The van der Waals surface area contributed by atoms with Crippen LogP contribution in [0.1, 0.15) is 53.1 Å². The first-order valence-electron chi connectivity index (χ1n) is 8.87. The van der Waals surface area contributed by atoms with Crippen molar-refractivity contribution >= 4 is 11.9 Å². The highest BCUT2D eigenvalue weighted by atomic mass is 16.5. The molecule has 1 atom stereocenters. The number of hydrogen-bond donors (Lipinski definition) is 1. The molecule has 0 aliphatic heterocycles. The van der Waals surface area contributed by atoms with Crippen molar-refractivity contribution in [3.05, 3.63) is 52.3 Å². The fourth-order valence-electron chi connectivity index (χ4n) is 2.63. The maximum atomic E-state index is 12.4. The Bertz CT molecular complexity index is 778. The van der Waals surface area contributed by atoms with Crippen molar-refractivity contribution in [1.82, 2.24) is 15.1 Å². The molecule has 6 nitrogen and oxygen atoms in total. The first-order chi connectivity index (χ1) is 12.3. The van der Waals surface area contributed by atoms with E-state index in [2.05, 4.69) is 10.4 Å². The van der Waals surface area contributed by atoms with Crippen molar-refractivity contribution in [2.24, 2.45) is 0 Å². The highest BCUT2D eigenvalue weighted by Crippen LogP contribution is 2.16. The third-order valence-corrected chi connectivity index (χ3v) is 4.39. The van der Waals surface area contributed by atoms with E-state index in [-0.39, 0.29) is 18.6 Å². The molecule has 140 valence electrons. The second kappa shape index (κ2) is 8.65. The average molecular weight is 357 g/mol. The van der Waals surface area contributed by atoms with Crippen molar-refractivity contribution in [1.29, 1.82) is 0 Å². The van der Waals surface area contributed by atoms with Crippen molar-refractivity contribution < 1.29 is 14.3 Å². The molecule has 2 aromatic rings. The van der Waals surface area contributed by atoms with Crippen molar-refractivity contribution in [2.75, 3.05) is 6.61 Å². The third kappa shape index (κ3) is 4.94. The Morgan fingerprint density at radius 3 is 2.46 bits per heavy atom. The predicted molar refractivity (Wildman–Crippen MR) is 100 cm³/mol. The summed E-state index contributed by atoms with van der Waals surface area (Å²) in [5.41, 5.74) is 4.06. The van der Waals surface area contributed by atoms with Crippen LogP contribution in [0.3, 0.4) is 0 Å². The van der Waals surface area contributed by atoms with Gasteiger partial charge < -0.3 is 10.1 Å². The number of carbonyl (C=O) groups excluding carboxylic acids is 2. The van der Waals surface area contributed by atoms with Gasteiger partial charge in [-0.3, -0.25) is 9.48 Å². The molecule has 1 heterocycles. The number of benzene rings is 1. The minimum absolute atomic E-state index is 0.0573. The minimum Gasteiger partial charge on any atom is -0.452 e. The molecular weight excluding hydrogens is 330 g/mol. The Balaban J connectivity index is 2.05. The summed E-state index contributed by atoms with van der Waals surface area (Å²) in [6.07, 6.45) is 0.823. The number of carbonyl (C=O) groups is 2. The molecule has 0 fully saturated rings. The standard InChI is InChI=1S/C20H27N3O3/c1-6-14(3)21-18(24)12-26-20(25)19-15(4)22-23(16(19)5)11-17-9-7-13(2)8-10-17/h7-10,14H,6,11-12H2,1-5H3,(H,21,24)/t14-/m1/s1. The zero-order valence-corrected chi connectivity index (χ0v) is 16.1. The van der Waals surface area contributed by atoms with Gasteiger partial charge in [0.1, 0.15) is 5.56 Å². The molecule has 6 heteroatoms. The second-order valence-electron chi connectivity index (χ2n) is 6.64. The lowest BCUT2D eigenvalue weighted by Crippen LogP contribution is -2.35. The van der Waals surface area contributed by atoms with E-state index in [0.717, 1.165) is 17.7 Å². The van der Waals surface area contributed by atoms with Crippen LogP contribution in [0.25, 0.3) is 0 Å². The van der Waals surface area contributed by atoms with E-state index < -0.39 is 5.97 Å². The van der Waals surface area contributed by atoms with Crippen LogP contribution >= 0.6 is 0 Å². The molecule has 0 saturated heterocycles. The second-order valence-corrected chi connectivity index (χ2v) is 6.64. The monoisotopic (exact) mass is 357 g/mol. The van der Waals surface area contributed by atoms with Gasteiger partial charge in [0.05, 0.1) is 17.9 Å². The maximum Gasteiger partial charge on any atom is 0.342 e. The zero-order valence-electron chi connectivity index (χ0n) is 16.1. The van der Waals surface area contributed by atoms with Gasteiger partial charge in [-0.1, -0.05) is 36.8 Å². The third-order valence-electron chi connectivity index (χ3n) is 4.39. The van der Waals surface area contributed by atoms with Gasteiger partial charge in [-0.15, -0.1) is 0 Å². The van der Waals surface area contributed by atoms with E-state index in [1.54, 1.807) is 11.6 Å². The molecule has 0 aliphatic rings. The van der Waals surface area contributed by atoms with Crippen LogP contribution in [0.15, 0.2) is 24.3 Å². The number of rotatable bonds is 7. The van der Waals surface area contributed by atoms with Crippen LogP contribution in [0, 0.1) is 20.8 Å². The van der Waals surface area contributed by atoms with Gasteiger partial charge in [0.25, 0.3) is 5.91 Å². The molecular formula is C20H27N3O3. The summed E-state index contributed by atoms with van der Waals surface area (Å²) >= 11 is 0. The van der Waals surface area contributed by atoms with E-state index in [0.29, 0.717) is 17.8 Å². The van der Waals surface area contributed by atoms with Gasteiger partial charge in [-0.05, 0) is 39.7 Å². The summed E-state index contributed by atoms with van der Waals surface area (Å²) in [6, 6.07) is 8.24. The lowest BCUT2D eigenvalue weighted by Gasteiger charge is -2.11. The summed E-state index contributed by atoms with van der Waals surface area (Å²) < 4.78 is 6.96. The first kappa shape index (κ1) is 19.7. The SMILES string of the molecule is CC[C@@H](C)NC(=O)COC(=O)c1c(C)nn(Cc2ccc(C)cc2)c1C. The van der Waals surface area contributed by atoms with E-state index in [1.807, 2.05) is 52.0 Å². The summed E-state index contributed by atoms with van der Waals surface area (Å²) in [6.45, 7) is 9.83. The fraction of sp³-hybridized carbons (Fsp3) is 0.450. The highest BCUT2D eigenvalue weighted by molar-refractivity contribution is 5.93. The average Bonchev–Trinajstić information content (AvgIpc) is 2.88. The largest absolute Gasteiger partial charge is 0.452 e. The summed E-state index contributed by atoms with van der Waals surface area (Å²) in [4.78, 5) is 24.2. The molecule has 1 N–H and O–H groups in total. The number of aromatic nitrogens is 2. The summed E-state index contributed by atoms with van der Waals surface area (Å²) in [5, 5.41) is 7.22. The number of amides is 1. The maximum absolute atomic E-state index is 12.4. The van der Waals surface area contributed by atoms with E-state index in [1.165, 1.54) is 5.56 Å². The summed E-state index contributed by atoms with van der Waals surface area (Å²) in [7, 11) is 0. The molecule has 0 radical (unpaired) electrons. The lowest BCUT2D eigenvalue weighted by molar-refractivity contribution is -0.124. The quantitative estimate of drug-likeness (QED) is 0.773. The number of esters is 1.